The Bertz CT molecular complexity index is 350. The molecule has 0 amide bonds. The molecule has 0 saturated carbocycles. The maximum Gasteiger partial charge on any atom is 0.352 e. The lowest BCUT2D eigenvalue weighted by Crippen LogP contribution is -2.03. The number of aromatic carboxylic acids is 1. The van der Waals surface area contributed by atoms with E-state index < -0.39 is 10.9 Å². The van der Waals surface area contributed by atoms with Crippen LogP contribution in [0.3, 0.4) is 0 Å². The number of hydrogen-bond acceptors (Lipinski definition) is 3. The number of carbonyl (C=O) groups is 1. The van der Waals surface area contributed by atoms with Crippen LogP contribution in [0.1, 0.15) is 10.5 Å². The van der Waals surface area contributed by atoms with E-state index in [0.717, 1.165) is 6.07 Å². The second kappa shape index (κ2) is 3.17. The molecule has 0 bridgehead atoms. The molecule has 7 heteroatoms. The third-order valence-electron chi connectivity index (χ3n) is 1.56. The Balaban J connectivity index is 3.36. The summed E-state index contributed by atoms with van der Waals surface area (Å²) in [5.74, 6) is -1.20. The van der Waals surface area contributed by atoms with Gasteiger partial charge in [-0.15, -0.1) is 0 Å². The van der Waals surface area contributed by atoms with Crippen molar-refractivity contribution in [2.24, 2.45) is 7.05 Å². The third kappa shape index (κ3) is 1.55. The van der Waals surface area contributed by atoms with Crippen molar-refractivity contribution in [1.29, 1.82) is 0 Å². The molecule has 1 N–H and O–H groups in total. The molecule has 1 heterocycles. The van der Waals surface area contributed by atoms with Gasteiger partial charge in [0.15, 0.2) is 4.60 Å². The van der Waals surface area contributed by atoms with Crippen molar-refractivity contribution in [3.05, 3.63) is 26.5 Å². The van der Waals surface area contributed by atoms with Gasteiger partial charge in [-0.3, -0.25) is 10.1 Å². The van der Waals surface area contributed by atoms with Crippen LogP contribution >= 0.6 is 15.9 Å². The Hall–Kier alpha value is -1.37. The SMILES string of the molecule is Cn1c(C(=O)O)cc([N+](=O)[O-])c1Br. The fraction of sp³-hybridized carbons (Fsp3) is 0.167. The smallest absolute Gasteiger partial charge is 0.352 e. The zero-order valence-electron chi connectivity index (χ0n) is 6.52. The minimum atomic E-state index is -1.20. The van der Waals surface area contributed by atoms with E-state index in [-0.39, 0.29) is 16.0 Å². The predicted octanol–water partition coefficient (Wildman–Crippen LogP) is 1.39. The number of nitro groups is 1. The molecule has 0 aliphatic rings. The van der Waals surface area contributed by atoms with Crippen LogP contribution in [0.5, 0.6) is 0 Å². The van der Waals surface area contributed by atoms with Crippen molar-refractivity contribution in [1.82, 2.24) is 4.57 Å². The highest BCUT2D eigenvalue weighted by molar-refractivity contribution is 9.10. The molecule has 0 fully saturated rings. The van der Waals surface area contributed by atoms with E-state index in [1.54, 1.807) is 0 Å². The summed E-state index contributed by atoms with van der Waals surface area (Å²) >= 11 is 2.93. The summed E-state index contributed by atoms with van der Waals surface area (Å²) in [7, 11) is 1.43. The Morgan fingerprint density at radius 3 is 2.54 bits per heavy atom. The van der Waals surface area contributed by atoms with Crippen molar-refractivity contribution in [2.75, 3.05) is 0 Å². The van der Waals surface area contributed by atoms with Gasteiger partial charge in [0.25, 0.3) is 0 Å². The van der Waals surface area contributed by atoms with Gasteiger partial charge in [0.05, 0.1) is 11.0 Å². The molecule has 1 aromatic heterocycles. The van der Waals surface area contributed by atoms with Gasteiger partial charge in [0.2, 0.25) is 0 Å². The van der Waals surface area contributed by atoms with E-state index >= 15 is 0 Å². The number of halogens is 1. The molecule has 13 heavy (non-hydrogen) atoms. The van der Waals surface area contributed by atoms with E-state index in [9.17, 15) is 14.9 Å². The summed E-state index contributed by atoms with van der Waals surface area (Å²) < 4.78 is 1.34. The molecular formula is C6H5BrN2O4. The highest BCUT2D eigenvalue weighted by Gasteiger charge is 2.22. The van der Waals surface area contributed by atoms with Crippen LogP contribution in [0.2, 0.25) is 0 Å². The molecule has 0 atom stereocenters. The topological polar surface area (TPSA) is 85.4 Å². The molecule has 0 saturated heterocycles. The summed E-state index contributed by atoms with van der Waals surface area (Å²) in [6.07, 6.45) is 0. The van der Waals surface area contributed by atoms with Crippen molar-refractivity contribution < 1.29 is 14.8 Å². The maximum absolute atomic E-state index is 10.5. The number of carboxylic acid groups (broad SMARTS) is 1. The van der Waals surface area contributed by atoms with Gasteiger partial charge in [0.1, 0.15) is 5.69 Å². The second-order valence-corrected chi connectivity index (χ2v) is 3.08. The fourth-order valence-corrected chi connectivity index (χ4v) is 1.35. The van der Waals surface area contributed by atoms with Gasteiger partial charge in [-0.1, -0.05) is 0 Å². The van der Waals surface area contributed by atoms with Gasteiger partial charge in [-0.25, -0.2) is 4.79 Å². The van der Waals surface area contributed by atoms with Crippen LogP contribution in [-0.4, -0.2) is 20.6 Å². The first-order valence-electron chi connectivity index (χ1n) is 3.18. The van der Waals surface area contributed by atoms with Gasteiger partial charge >= 0.3 is 11.7 Å². The lowest BCUT2D eigenvalue weighted by Gasteiger charge is -1.95. The molecule has 6 nitrogen and oxygen atoms in total. The van der Waals surface area contributed by atoms with Crippen molar-refractivity contribution in [3.63, 3.8) is 0 Å². The van der Waals surface area contributed by atoms with Crippen molar-refractivity contribution in [2.45, 2.75) is 0 Å². The van der Waals surface area contributed by atoms with E-state index in [1.807, 2.05) is 0 Å². The molecular weight excluding hydrogens is 244 g/mol. The molecule has 1 aromatic rings. The van der Waals surface area contributed by atoms with Gasteiger partial charge in [-0.05, 0) is 15.9 Å². The molecule has 70 valence electrons. The summed E-state index contributed by atoms with van der Waals surface area (Å²) in [4.78, 5) is 20.3. The maximum atomic E-state index is 10.5. The third-order valence-corrected chi connectivity index (χ3v) is 2.49. The number of carboxylic acids is 1. The molecule has 0 unspecified atom stereocenters. The van der Waals surface area contributed by atoms with Crippen LogP contribution in [0.25, 0.3) is 0 Å². The number of nitrogens with zero attached hydrogens (tertiary/aromatic N) is 2. The van der Waals surface area contributed by atoms with Crippen LogP contribution < -0.4 is 0 Å². The highest BCUT2D eigenvalue weighted by atomic mass is 79.9. The Morgan fingerprint density at radius 2 is 2.31 bits per heavy atom. The number of aromatic nitrogens is 1. The summed E-state index contributed by atoms with van der Waals surface area (Å²) in [6, 6.07) is 1.01. The average Bonchev–Trinajstić information content (AvgIpc) is 2.29. The fourth-order valence-electron chi connectivity index (χ4n) is 0.897. The largest absolute Gasteiger partial charge is 0.477 e. The molecule has 0 spiro atoms. The molecule has 0 aliphatic carbocycles. The summed E-state index contributed by atoms with van der Waals surface area (Å²) in [6.45, 7) is 0. The second-order valence-electron chi connectivity index (χ2n) is 2.33. The van der Waals surface area contributed by atoms with E-state index in [0.29, 0.717) is 0 Å². The summed E-state index contributed by atoms with van der Waals surface area (Å²) in [5.41, 5.74) is -0.376. The van der Waals surface area contributed by atoms with Crippen molar-refractivity contribution >= 4 is 27.6 Å². The summed E-state index contributed by atoms with van der Waals surface area (Å²) in [5, 5.41) is 19.0. The van der Waals surface area contributed by atoms with E-state index in [2.05, 4.69) is 15.9 Å². The quantitative estimate of drug-likeness (QED) is 0.633. The Labute approximate surface area is 81.1 Å². The zero-order chi connectivity index (χ0) is 10.2. The van der Waals surface area contributed by atoms with Crippen LogP contribution in [-0.2, 0) is 7.05 Å². The number of hydrogen-bond donors (Lipinski definition) is 1. The molecule has 0 aliphatic heterocycles. The first-order valence-corrected chi connectivity index (χ1v) is 3.97. The van der Waals surface area contributed by atoms with Crippen LogP contribution in [0.15, 0.2) is 10.7 Å². The van der Waals surface area contributed by atoms with Crippen LogP contribution in [0, 0.1) is 10.1 Å². The normalized spacial score (nSPS) is 10.0. The monoisotopic (exact) mass is 248 g/mol. The molecule has 1 rings (SSSR count). The first-order chi connectivity index (χ1) is 5.95. The van der Waals surface area contributed by atoms with Crippen LogP contribution in [0.4, 0.5) is 5.69 Å². The molecule has 0 radical (unpaired) electrons. The Morgan fingerprint density at radius 1 is 1.77 bits per heavy atom. The minimum absolute atomic E-state index is 0.126. The average molecular weight is 249 g/mol. The van der Waals surface area contributed by atoms with Gasteiger partial charge in [0, 0.05) is 7.05 Å². The van der Waals surface area contributed by atoms with Gasteiger partial charge in [-0.2, -0.15) is 0 Å². The van der Waals surface area contributed by atoms with E-state index in [4.69, 9.17) is 5.11 Å². The van der Waals surface area contributed by atoms with Gasteiger partial charge < -0.3 is 9.67 Å². The Kier molecular flexibility index (Phi) is 2.37. The zero-order valence-corrected chi connectivity index (χ0v) is 8.11. The van der Waals surface area contributed by atoms with E-state index in [1.165, 1.54) is 11.6 Å². The minimum Gasteiger partial charge on any atom is -0.477 e. The molecule has 0 aromatic carbocycles. The standard InChI is InChI=1S/C6H5BrN2O4/c1-8-4(6(10)11)2-3(5(8)7)9(12)13/h2H,1H3,(H,10,11). The predicted molar refractivity (Wildman–Crippen MR) is 46.7 cm³/mol. The highest BCUT2D eigenvalue weighted by Crippen LogP contribution is 2.27. The first kappa shape index (κ1) is 9.72. The number of rotatable bonds is 2. The van der Waals surface area contributed by atoms with Crippen molar-refractivity contribution in [3.8, 4) is 0 Å². The lowest BCUT2D eigenvalue weighted by molar-refractivity contribution is -0.385. The lowest BCUT2D eigenvalue weighted by atomic mass is 10.4.